The van der Waals surface area contributed by atoms with E-state index in [0.717, 1.165) is 38.3 Å². The number of hydrogen-bond donors (Lipinski definition) is 2. The summed E-state index contributed by atoms with van der Waals surface area (Å²) in [5.74, 6) is 1.68. The molecule has 3 N–H and O–H groups in total. The van der Waals surface area contributed by atoms with E-state index in [9.17, 15) is 4.79 Å². The van der Waals surface area contributed by atoms with Gasteiger partial charge in [-0.2, -0.15) is 4.98 Å². The van der Waals surface area contributed by atoms with Gasteiger partial charge in [-0.15, -0.1) is 0 Å². The molecule has 0 spiro atoms. The maximum absolute atomic E-state index is 10.9. The van der Waals surface area contributed by atoms with Gasteiger partial charge in [0.25, 0.3) is 0 Å². The minimum absolute atomic E-state index is 0.0252. The van der Waals surface area contributed by atoms with E-state index < -0.39 is 0 Å². The van der Waals surface area contributed by atoms with E-state index in [1.165, 1.54) is 6.33 Å². The van der Waals surface area contributed by atoms with Crippen LogP contribution in [0.3, 0.4) is 0 Å². The number of aromatic nitrogens is 2. The topological polar surface area (TPSA) is 93.4 Å². The lowest BCUT2D eigenvalue weighted by atomic mass is 9.96. The molecule has 1 aliphatic rings. The normalized spacial score (nSPS) is 16.0. The Kier molecular flexibility index (Phi) is 4.60. The van der Waals surface area contributed by atoms with Crippen molar-refractivity contribution in [2.45, 2.75) is 19.8 Å². The number of nitrogens with one attached hydrogen (secondary N) is 1. The zero-order valence-electron chi connectivity index (χ0n) is 11.9. The maximum atomic E-state index is 10.9. The maximum Gasteiger partial charge on any atom is 0.242 e. The molecule has 0 radical (unpaired) electrons. The second kappa shape index (κ2) is 6.40. The number of ether oxygens (including phenoxy) is 1. The molecule has 1 aliphatic heterocycles. The second-order valence-corrected chi connectivity index (χ2v) is 4.99. The fourth-order valence-electron chi connectivity index (χ4n) is 2.42. The van der Waals surface area contributed by atoms with Gasteiger partial charge >= 0.3 is 0 Å². The Bertz CT molecular complexity index is 472. The van der Waals surface area contributed by atoms with Gasteiger partial charge in [0.15, 0.2) is 5.82 Å². The minimum atomic E-state index is 0.0252. The molecule has 110 valence electrons. The van der Waals surface area contributed by atoms with Crippen LogP contribution in [-0.2, 0) is 4.79 Å². The van der Waals surface area contributed by atoms with Crippen molar-refractivity contribution in [2.24, 2.45) is 5.92 Å². The van der Waals surface area contributed by atoms with Gasteiger partial charge in [0.1, 0.15) is 12.0 Å². The van der Waals surface area contributed by atoms with Crippen molar-refractivity contribution >= 4 is 17.4 Å². The summed E-state index contributed by atoms with van der Waals surface area (Å²) < 4.78 is 5.11. The first-order valence-electron chi connectivity index (χ1n) is 6.75. The van der Waals surface area contributed by atoms with Crippen molar-refractivity contribution in [3.63, 3.8) is 0 Å². The highest BCUT2D eigenvalue weighted by molar-refractivity contribution is 5.72. The van der Waals surface area contributed by atoms with E-state index in [1.54, 1.807) is 14.0 Å². The van der Waals surface area contributed by atoms with Crippen LogP contribution in [0, 0.1) is 5.92 Å². The summed E-state index contributed by atoms with van der Waals surface area (Å²) in [6, 6.07) is 0. The zero-order chi connectivity index (χ0) is 14.5. The smallest absolute Gasteiger partial charge is 0.242 e. The molecule has 0 atom stereocenters. The predicted molar refractivity (Wildman–Crippen MR) is 76.6 cm³/mol. The Morgan fingerprint density at radius 2 is 2.20 bits per heavy atom. The molecule has 1 fully saturated rings. The monoisotopic (exact) mass is 279 g/mol. The number of anilines is 2. The Morgan fingerprint density at radius 3 is 2.80 bits per heavy atom. The van der Waals surface area contributed by atoms with Gasteiger partial charge in [-0.1, -0.05) is 0 Å². The van der Waals surface area contributed by atoms with E-state index >= 15 is 0 Å². The fraction of sp³-hybridized carbons (Fsp3) is 0.615. The first-order valence-corrected chi connectivity index (χ1v) is 6.75. The molecule has 7 nitrogen and oxygen atoms in total. The third-order valence-corrected chi connectivity index (χ3v) is 3.57. The lowest BCUT2D eigenvalue weighted by Crippen LogP contribution is -2.38. The van der Waals surface area contributed by atoms with Gasteiger partial charge in [0, 0.05) is 26.6 Å². The minimum Gasteiger partial charge on any atom is -0.479 e. The zero-order valence-corrected chi connectivity index (χ0v) is 11.9. The second-order valence-electron chi connectivity index (χ2n) is 4.99. The Morgan fingerprint density at radius 1 is 1.50 bits per heavy atom. The van der Waals surface area contributed by atoms with Crippen molar-refractivity contribution in [1.82, 2.24) is 15.3 Å². The molecular weight excluding hydrogens is 258 g/mol. The number of rotatable bonds is 4. The highest BCUT2D eigenvalue weighted by Gasteiger charge is 2.23. The highest BCUT2D eigenvalue weighted by Crippen LogP contribution is 2.30. The van der Waals surface area contributed by atoms with E-state index in [0.29, 0.717) is 17.5 Å². The van der Waals surface area contributed by atoms with Crippen molar-refractivity contribution in [2.75, 3.05) is 37.4 Å². The number of nitrogens with zero attached hydrogens (tertiary/aromatic N) is 3. The SMILES string of the molecule is COc1ncnc(N2CCC(CNC(C)=O)CC2)c1N. The third kappa shape index (κ3) is 3.28. The Hall–Kier alpha value is -2.05. The van der Waals surface area contributed by atoms with Gasteiger partial charge in [-0.25, -0.2) is 4.98 Å². The van der Waals surface area contributed by atoms with Crippen molar-refractivity contribution in [3.05, 3.63) is 6.33 Å². The van der Waals surface area contributed by atoms with Crippen LogP contribution in [0.4, 0.5) is 11.5 Å². The Labute approximate surface area is 118 Å². The van der Waals surface area contributed by atoms with Crippen LogP contribution < -0.4 is 20.7 Å². The summed E-state index contributed by atoms with van der Waals surface area (Å²) in [6.45, 7) is 4.03. The summed E-state index contributed by atoms with van der Waals surface area (Å²) >= 11 is 0. The van der Waals surface area contributed by atoms with E-state index in [-0.39, 0.29) is 5.91 Å². The van der Waals surface area contributed by atoms with Gasteiger partial charge in [0.2, 0.25) is 11.8 Å². The van der Waals surface area contributed by atoms with Crippen molar-refractivity contribution in [1.29, 1.82) is 0 Å². The number of carbonyl (C=O) groups excluding carboxylic acids is 1. The van der Waals surface area contributed by atoms with Crippen LogP contribution in [0.2, 0.25) is 0 Å². The summed E-state index contributed by atoms with van der Waals surface area (Å²) in [7, 11) is 1.54. The largest absolute Gasteiger partial charge is 0.479 e. The number of amides is 1. The molecule has 1 aromatic heterocycles. The summed E-state index contributed by atoms with van der Waals surface area (Å²) in [6.07, 6.45) is 3.48. The lowest BCUT2D eigenvalue weighted by Gasteiger charge is -2.33. The molecule has 0 aliphatic carbocycles. The molecule has 20 heavy (non-hydrogen) atoms. The average molecular weight is 279 g/mol. The molecule has 0 bridgehead atoms. The van der Waals surface area contributed by atoms with Gasteiger partial charge < -0.3 is 20.7 Å². The molecule has 0 saturated carbocycles. The number of piperidine rings is 1. The van der Waals surface area contributed by atoms with Crippen LogP contribution >= 0.6 is 0 Å². The molecule has 1 aromatic rings. The van der Waals surface area contributed by atoms with Crippen LogP contribution in [0.25, 0.3) is 0 Å². The standard InChI is InChI=1S/C13H21N5O2/c1-9(19)15-7-10-3-5-18(6-4-10)12-11(14)13(20-2)17-8-16-12/h8,10H,3-7,14H2,1-2H3,(H,15,19). The molecule has 1 saturated heterocycles. The molecule has 0 unspecified atom stereocenters. The van der Waals surface area contributed by atoms with Gasteiger partial charge in [0.05, 0.1) is 7.11 Å². The average Bonchev–Trinajstić information content (AvgIpc) is 2.46. The molecule has 0 aromatic carbocycles. The number of nitrogens with two attached hydrogens (primary N) is 1. The van der Waals surface area contributed by atoms with E-state index in [4.69, 9.17) is 10.5 Å². The van der Waals surface area contributed by atoms with Gasteiger partial charge in [-0.05, 0) is 18.8 Å². The fourth-order valence-corrected chi connectivity index (χ4v) is 2.42. The molecule has 2 rings (SSSR count). The molecule has 1 amide bonds. The summed E-state index contributed by atoms with van der Waals surface area (Å²) in [5.41, 5.74) is 6.49. The van der Waals surface area contributed by atoms with Crippen molar-refractivity contribution < 1.29 is 9.53 Å². The summed E-state index contributed by atoms with van der Waals surface area (Å²) in [4.78, 5) is 21.3. The van der Waals surface area contributed by atoms with Crippen molar-refractivity contribution in [3.8, 4) is 5.88 Å². The van der Waals surface area contributed by atoms with E-state index in [2.05, 4.69) is 20.2 Å². The van der Waals surface area contributed by atoms with E-state index in [1.807, 2.05) is 0 Å². The van der Waals surface area contributed by atoms with Crippen LogP contribution in [0.1, 0.15) is 19.8 Å². The lowest BCUT2D eigenvalue weighted by molar-refractivity contribution is -0.119. The van der Waals surface area contributed by atoms with Crippen LogP contribution in [0.5, 0.6) is 5.88 Å². The first kappa shape index (κ1) is 14.4. The molecule has 2 heterocycles. The quantitative estimate of drug-likeness (QED) is 0.829. The van der Waals surface area contributed by atoms with Gasteiger partial charge in [-0.3, -0.25) is 4.79 Å². The molecular formula is C13H21N5O2. The molecule has 7 heteroatoms. The van der Waals surface area contributed by atoms with Crippen LogP contribution in [0.15, 0.2) is 6.33 Å². The number of methoxy groups -OCH3 is 1. The number of carbonyl (C=O) groups is 1. The highest BCUT2D eigenvalue weighted by atomic mass is 16.5. The van der Waals surface area contributed by atoms with Crippen LogP contribution in [-0.4, -0.2) is 42.6 Å². The number of nitrogen functional groups attached to an aromatic ring is 1. The Balaban J connectivity index is 1.95. The predicted octanol–water partition coefficient (Wildman–Crippen LogP) is 0.420. The third-order valence-electron chi connectivity index (χ3n) is 3.57. The first-order chi connectivity index (χ1) is 9.61. The number of hydrogen-bond acceptors (Lipinski definition) is 6. The summed E-state index contributed by atoms with van der Waals surface area (Å²) in [5, 5.41) is 2.87.